The minimum atomic E-state index is 0. The van der Waals surface area contributed by atoms with Crippen LogP contribution < -0.4 is 0 Å². The molecule has 3 heteroatoms. The zero-order chi connectivity index (χ0) is 2.71. The van der Waals surface area contributed by atoms with E-state index in [9.17, 15) is 0 Å². The summed E-state index contributed by atoms with van der Waals surface area (Å²) in [4.78, 5) is 16.2. The largest absolute Gasteiger partial charge is 0.373 e. The molecule has 0 radical (unpaired) electrons. The van der Waals surface area contributed by atoms with E-state index >= 15 is 0 Å². The maximum atomic E-state index is 8.12. The van der Waals surface area contributed by atoms with Gasteiger partial charge in [0.15, 0.2) is 0 Å². The Hall–Kier alpha value is 0.0683. The third-order valence-corrected chi connectivity index (χ3v) is 0. The Balaban J connectivity index is 0. The molecule has 0 atom stereocenters. The van der Waals surface area contributed by atoms with Gasteiger partial charge in [-0.1, -0.05) is 0 Å². The first-order chi connectivity index (χ1) is 1.41. The van der Waals surface area contributed by atoms with Crippen molar-refractivity contribution < 1.29 is 30.7 Å². The Morgan fingerprint density at radius 1 is 1.25 bits per heavy atom. The molecule has 0 aromatic carbocycles. The van der Waals surface area contributed by atoms with Crippen LogP contribution in [-0.4, -0.2) is 6.15 Å². The zero-order valence-electron chi connectivity index (χ0n) is 1.63. The second-order valence-electron chi connectivity index (χ2n) is 0.0833. The topological polar surface area (TPSA) is 34.1 Å². The summed E-state index contributed by atoms with van der Waals surface area (Å²) in [5, 5.41) is 0. The van der Waals surface area contributed by atoms with E-state index in [4.69, 9.17) is 9.59 Å². The van der Waals surface area contributed by atoms with Crippen molar-refractivity contribution in [2.45, 2.75) is 0 Å². The Labute approximate surface area is 37.5 Å². The maximum Gasteiger partial charge on any atom is 0.373 e. The van der Waals surface area contributed by atoms with Gasteiger partial charge in [-0.2, -0.15) is 9.59 Å². The van der Waals surface area contributed by atoms with Crippen LogP contribution >= 0.6 is 0 Å². The van der Waals surface area contributed by atoms with Crippen molar-refractivity contribution in [2.24, 2.45) is 0 Å². The third-order valence-electron chi connectivity index (χ3n) is 0. The van der Waals surface area contributed by atoms with Crippen LogP contribution in [0.1, 0.15) is 0 Å². The summed E-state index contributed by atoms with van der Waals surface area (Å²) in [5.41, 5.74) is 0. The predicted molar refractivity (Wildman–Crippen MR) is 5.01 cm³/mol. The summed E-state index contributed by atoms with van der Waals surface area (Å²) in [6.45, 7) is 0. The van der Waals surface area contributed by atoms with Crippen molar-refractivity contribution in [3.8, 4) is 0 Å². The average Bonchev–Trinajstić information content (AvgIpc) is 0.918. The van der Waals surface area contributed by atoms with Gasteiger partial charge in [-0.25, -0.2) is 0 Å². The molecule has 0 aliphatic carbocycles. The SMILES string of the molecule is O=C=O.[Pt]. The average molecular weight is 239 g/mol. The summed E-state index contributed by atoms with van der Waals surface area (Å²) in [7, 11) is 0. The normalized spacial score (nSPS) is 2.00. The first-order valence-electron chi connectivity index (χ1n) is 0.408. The smallest absolute Gasteiger partial charge is 0.186 e. The van der Waals surface area contributed by atoms with E-state index in [1.165, 1.54) is 0 Å². The molecule has 0 saturated carbocycles. The molecule has 0 heterocycles. The second kappa shape index (κ2) is 11.5. The molecule has 4 heavy (non-hydrogen) atoms. The van der Waals surface area contributed by atoms with Crippen molar-refractivity contribution >= 4 is 6.15 Å². The fourth-order valence-corrected chi connectivity index (χ4v) is 0. The first kappa shape index (κ1) is 8.95. The van der Waals surface area contributed by atoms with Gasteiger partial charge in [0, 0.05) is 21.1 Å². The van der Waals surface area contributed by atoms with E-state index in [-0.39, 0.29) is 27.2 Å². The molecule has 0 N–H and O–H groups in total. The molecule has 0 saturated heterocycles. The minimum absolute atomic E-state index is 0. The zero-order valence-corrected chi connectivity index (χ0v) is 3.90. The standard InChI is InChI=1S/CO2.Pt/c2-1-3;. The van der Waals surface area contributed by atoms with Crippen LogP contribution in [-0.2, 0) is 30.7 Å². The van der Waals surface area contributed by atoms with Crippen LogP contribution in [0.25, 0.3) is 0 Å². The van der Waals surface area contributed by atoms with Crippen LogP contribution in [0.15, 0.2) is 0 Å². The van der Waals surface area contributed by atoms with Gasteiger partial charge >= 0.3 is 6.15 Å². The Morgan fingerprint density at radius 2 is 1.25 bits per heavy atom. The number of rotatable bonds is 0. The van der Waals surface area contributed by atoms with Gasteiger partial charge in [0.25, 0.3) is 0 Å². The van der Waals surface area contributed by atoms with Crippen molar-refractivity contribution in [3.05, 3.63) is 0 Å². The number of hydrogen-bond donors (Lipinski definition) is 0. The Bertz CT molecular complexity index is 27.0. The molecule has 26 valence electrons. The van der Waals surface area contributed by atoms with Crippen LogP contribution in [0.5, 0.6) is 0 Å². The quantitative estimate of drug-likeness (QED) is 0.566. The fraction of sp³-hybridized carbons (Fsp3) is 0. The summed E-state index contributed by atoms with van der Waals surface area (Å²) in [6.07, 6.45) is 0.250. The molecule has 0 rings (SSSR count). The van der Waals surface area contributed by atoms with E-state index in [0.29, 0.717) is 0 Å². The molecule has 0 amide bonds. The molecule has 0 aromatic heterocycles. The van der Waals surface area contributed by atoms with Crippen LogP contribution in [0.2, 0.25) is 0 Å². The van der Waals surface area contributed by atoms with Crippen LogP contribution in [0.3, 0.4) is 0 Å². The molecule has 0 aliphatic rings. The molecule has 2 nitrogen and oxygen atoms in total. The Morgan fingerprint density at radius 3 is 1.25 bits per heavy atom. The van der Waals surface area contributed by atoms with E-state index in [0.717, 1.165) is 0 Å². The molecule has 0 fully saturated rings. The van der Waals surface area contributed by atoms with E-state index in [2.05, 4.69) is 0 Å². The molecule has 0 aromatic rings. The fourth-order valence-electron chi connectivity index (χ4n) is 0. The Kier molecular flexibility index (Phi) is 25.7. The van der Waals surface area contributed by atoms with Crippen LogP contribution in [0.4, 0.5) is 0 Å². The van der Waals surface area contributed by atoms with Crippen molar-refractivity contribution in [2.75, 3.05) is 0 Å². The molecule has 0 unspecified atom stereocenters. The van der Waals surface area contributed by atoms with E-state index < -0.39 is 0 Å². The molecular formula is CO2Pt. The van der Waals surface area contributed by atoms with Gasteiger partial charge in [-0.05, 0) is 0 Å². The summed E-state index contributed by atoms with van der Waals surface area (Å²) < 4.78 is 0. The molecular weight excluding hydrogens is 239 g/mol. The van der Waals surface area contributed by atoms with Crippen molar-refractivity contribution in [1.29, 1.82) is 0 Å². The molecule has 0 bridgehead atoms. The summed E-state index contributed by atoms with van der Waals surface area (Å²) in [5.74, 6) is 0. The maximum absolute atomic E-state index is 8.12. The third kappa shape index (κ3) is 506. The van der Waals surface area contributed by atoms with Gasteiger partial charge < -0.3 is 0 Å². The van der Waals surface area contributed by atoms with Gasteiger partial charge in [-0.15, -0.1) is 0 Å². The minimum Gasteiger partial charge on any atom is -0.186 e. The van der Waals surface area contributed by atoms with Gasteiger partial charge in [-0.3, -0.25) is 0 Å². The van der Waals surface area contributed by atoms with Crippen molar-refractivity contribution in [3.63, 3.8) is 0 Å². The number of hydrogen-bond acceptors (Lipinski definition) is 2. The van der Waals surface area contributed by atoms with Gasteiger partial charge in [0.1, 0.15) is 0 Å². The van der Waals surface area contributed by atoms with E-state index in [1.54, 1.807) is 0 Å². The predicted octanol–water partition coefficient (Wildman–Crippen LogP) is -0.586. The first-order valence-corrected chi connectivity index (χ1v) is 0.408. The molecule has 0 aliphatic heterocycles. The molecule has 0 spiro atoms. The monoisotopic (exact) mass is 239 g/mol. The number of carbonyl (C=O) groups excluding carboxylic acids is 2. The second-order valence-corrected chi connectivity index (χ2v) is 0.0833. The van der Waals surface area contributed by atoms with Crippen molar-refractivity contribution in [1.82, 2.24) is 0 Å². The van der Waals surface area contributed by atoms with E-state index in [1.807, 2.05) is 0 Å². The summed E-state index contributed by atoms with van der Waals surface area (Å²) in [6, 6.07) is 0. The van der Waals surface area contributed by atoms with Crippen LogP contribution in [0, 0.1) is 0 Å². The van der Waals surface area contributed by atoms with Gasteiger partial charge in [0.05, 0.1) is 0 Å². The van der Waals surface area contributed by atoms with Gasteiger partial charge in [0.2, 0.25) is 0 Å². The summed E-state index contributed by atoms with van der Waals surface area (Å²) >= 11 is 0.